The van der Waals surface area contributed by atoms with Crippen molar-refractivity contribution in [3.05, 3.63) is 53.2 Å². The van der Waals surface area contributed by atoms with Gasteiger partial charge in [-0.3, -0.25) is 4.79 Å². The number of rotatable bonds is 7. The third-order valence-electron chi connectivity index (χ3n) is 4.46. The first-order valence-corrected chi connectivity index (χ1v) is 8.93. The summed E-state index contributed by atoms with van der Waals surface area (Å²) < 4.78 is 10.2. The summed E-state index contributed by atoms with van der Waals surface area (Å²) in [4.78, 5) is 16.0. The number of nitrogens with zero attached hydrogens (tertiary/aromatic N) is 1. The topological polar surface area (TPSA) is 86.5 Å². The molecule has 0 saturated heterocycles. The van der Waals surface area contributed by atoms with Gasteiger partial charge in [-0.15, -0.1) is 0 Å². The number of anilines is 1. The van der Waals surface area contributed by atoms with Gasteiger partial charge in [0.05, 0.1) is 12.8 Å². The van der Waals surface area contributed by atoms with Gasteiger partial charge in [-0.2, -0.15) is 0 Å². The monoisotopic (exact) mass is 355 g/mol. The number of ether oxygens (including phenoxy) is 2. The Balaban J connectivity index is 1.48. The van der Waals surface area contributed by atoms with Crippen LogP contribution in [0.25, 0.3) is 0 Å². The highest BCUT2D eigenvalue weighted by molar-refractivity contribution is 5.75. The molecule has 0 saturated carbocycles. The SMILES string of the molecule is COC(=O)[C@@H](N)Cc1ccc(CCCc2ccc3c(n2)OCCN3)cc1. The van der Waals surface area contributed by atoms with Gasteiger partial charge in [0.25, 0.3) is 0 Å². The van der Waals surface area contributed by atoms with Crippen LogP contribution in [0.3, 0.4) is 0 Å². The largest absolute Gasteiger partial charge is 0.474 e. The van der Waals surface area contributed by atoms with E-state index in [-0.39, 0.29) is 5.97 Å². The maximum atomic E-state index is 11.4. The van der Waals surface area contributed by atoms with Gasteiger partial charge in [0.15, 0.2) is 0 Å². The quantitative estimate of drug-likeness (QED) is 0.740. The Labute approximate surface area is 153 Å². The van der Waals surface area contributed by atoms with Crippen LogP contribution in [-0.2, 0) is 28.8 Å². The molecular formula is C20H25N3O3. The number of nitrogens with two attached hydrogens (primary N) is 1. The molecule has 0 spiro atoms. The molecule has 6 nitrogen and oxygen atoms in total. The number of hydrogen-bond donors (Lipinski definition) is 2. The summed E-state index contributed by atoms with van der Waals surface area (Å²) in [5.41, 5.74) is 10.1. The van der Waals surface area contributed by atoms with Crippen LogP contribution in [0.15, 0.2) is 36.4 Å². The fourth-order valence-electron chi connectivity index (χ4n) is 3.00. The highest BCUT2D eigenvalue weighted by atomic mass is 16.5. The standard InChI is InChI=1S/C20H25N3O3/c1-25-20(24)17(21)13-15-7-5-14(6-8-15)3-2-4-16-9-10-18-19(23-16)26-12-11-22-18/h5-10,17,22H,2-4,11-13,21H2,1H3/t17-/m0/s1. The number of aryl methyl sites for hydroxylation is 2. The van der Waals surface area contributed by atoms with Gasteiger partial charge < -0.3 is 20.5 Å². The molecule has 2 heterocycles. The second kappa shape index (κ2) is 8.67. The Morgan fingerprint density at radius 1 is 1.23 bits per heavy atom. The molecule has 3 rings (SSSR count). The smallest absolute Gasteiger partial charge is 0.322 e. The minimum absolute atomic E-state index is 0.384. The van der Waals surface area contributed by atoms with E-state index in [9.17, 15) is 4.79 Å². The molecular weight excluding hydrogens is 330 g/mol. The minimum Gasteiger partial charge on any atom is -0.474 e. The zero-order valence-electron chi connectivity index (χ0n) is 15.0. The zero-order chi connectivity index (χ0) is 18.4. The van der Waals surface area contributed by atoms with Gasteiger partial charge in [-0.1, -0.05) is 24.3 Å². The predicted molar refractivity (Wildman–Crippen MR) is 100 cm³/mol. The number of benzene rings is 1. The summed E-state index contributed by atoms with van der Waals surface area (Å²) in [7, 11) is 1.35. The highest BCUT2D eigenvalue weighted by Crippen LogP contribution is 2.25. The van der Waals surface area contributed by atoms with E-state index in [1.54, 1.807) is 0 Å². The third-order valence-corrected chi connectivity index (χ3v) is 4.46. The lowest BCUT2D eigenvalue weighted by Crippen LogP contribution is -2.33. The summed E-state index contributed by atoms with van der Waals surface area (Å²) in [6.45, 7) is 1.49. The Hall–Kier alpha value is -2.60. The number of fused-ring (bicyclic) bond motifs is 1. The number of esters is 1. The van der Waals surface area contributed by atoms with E-state index in [0.29, 0.717) is 18.9 Å². The lowest BCUT2D eigenvalue weighted by atomic mass is 10.0. The molecule has 1 atom stereocenters. The number of pyridine rings is 1. The van der Waals surface area contributed by atoms with Gasteiger partial charge in [-0.25, -0.2) is 4.98 Å². The molecule has 1 aromatic heterocycles. The van der Waals surface area contributed by atoms with Crippen LogP contribution in [0, 0.1) is 0 Å². The molecule has 2 aromatic rings. The maximum Gasteiger partial charge on any atom is 0.322 e. The number of hydrogen-bond acceptors (Lipinski definition) is 6. The molecule has 1 aromatic carbocycles. The van der Waals surface area contributed by atoms with Crippen molar-refractivity contribution in [3.8, 4) is 5.88 Å². The fourth-order valence-corrected chi connectivity index (χ4v) is 3.00. The molecule has 138 valence electrons. The second-order valence-corrected chi connectivity index (χ2v) is 6.43. The van der Waals surface area contributed by atoms with E-state index >= 15 is 0 Å². The van der Waals surface area contributed by atoms with E-state index in [2.05, 4.69) is 33.2 Å². The molecule has 0 aliphatic carbocycles. The Kier molecular flexibility index (Phi) is 6.07. The number of aromatic nitrogens is 1. The van der Waals surface area contributed by atoms with Crippen molar-refractivity contribution in [3.63, 3.8) is 0 Å². The molecule has 26 heavy (non-hydrogen) atoms. The number of carbonyl (C=O) groups excluding carboxylic acids is 1. The number of methoxy groups -OCH3 is 1. The van der Waals surface area contributed by atoms with Crippen molar-refractivity contribution in [1.29, 1.82) is 0 Å². The van der Waals surface area contributed by atoms with Crippen LogP contribution < -0.4 is 15.8 Å². The second-order valence-electron chi connectivity index (χ2n) is 6.43. The van der Waals surface area contributed by atoms with E-state index in [4.69, 9.17) is 10.5 Å². The van der Waals surface area contributed by atoms with Crippen LogP contribution >= 0.6 is 0 Å². The van der Waals surface area contributed by atoms with Crippen molar-refractivity contribution in [1.82, 2.24) is 4.98 Å². The lowest BCUT2D eigenvalue weighted by molar-refractivity contribution is -0.142. The molecule has 6 heteroatoms. The van der Waals surface area contributed by atoms with E-state index in [1.165, 1.54) is 12.7 Å². The van der Waals surface area contributed by atoms with Crippen molar-refractivity contribution < 1.29 is 14.3 Å². The Bertz CT molecular complexity index is 746. The van der Waals surface area contributed by atoms with E-state index in [0.717, 1.165) is 42.8 Å². The average molecular weight is 355 g/mol. The van der Waals surface area contributed by atoms with Crippen molar-refractivity contribution >= 4 is 11.7 Å². The minimum atomic E-state index is -0.613. The summed E-state index contributed by atoms with van der Waals surface area (Å²) in [6.07, 6.45) is 3.38. The maximum absolute atomic E-state index is 11.4. The van der Waals surface area contributed by atoms with Crippen LogP contribution in [0.1, 0.15) is 23.2 Å². The summed E-state index contributed by atoms with van der Waals surface area (Å²) in [5, 5.41) is 3.28. The summed E-state index contributed by atoms with van der Waals surface area (Å²) >= 11 is 0. The summed E-state index contributed by atoms with van der Waals surface area (Å²) in [5.74, 6) is 0.325. The van der Waals surface area contributed by atoms with Crippen molar-refractivity contribution in [2.24, 2.45) is 5.73 Å². The van der Waals surface area contributed by atoms with E-state index in [1.807, 2.05) is 18.2 Å². The molecule has 1 aliphatic heterocycles. The normalized spacial score (nSPS) is 13.9. The predicted octanol–water partition coefficient (Wildman–Crippen LogP) is 2.10. The van der Waals surface area contributed by atoms with Gasteiger partial charge in [0.1, 0.15) is 12.6 Å². The molecule has 0 fully saturated rings. The number of nitrogens with one attached hydrogen (secondary N) is 1. The van der Waals surface area contributed by atoms with Crippen LogP contribution in [0.4, 0.5) is 5.69 Å². The Morgan fingerprint density at radius 3 is 2.77 bits per heavy atom. The van der Waals surface area contributed by atoms with Crippen molar-refractivity contribution in [2.75, 3.05) is 25.6 Å². The van der Waals surface area contributed by atoms with Crippen LogP contribution in [0.5, 0.6) is 5.88 Å². The average Bonchev–Trinajstić information content (AvgIpc) is 2.68. The first-order valence-electron chi connectivity index (χ1n) is 8.93. The fraction of sp³-hybridized carbons (Fsp3) is 0.400. The molecule has 1 aliphatic rings. The molecule has 0 radical (unpaired) electrons. The van der Waals surface area contributed by atoms with E-state index < -0.39 is 6.04 Å². The third kappa shape index (κ3) is 4.73. The highest BCUT2D eigenvalue weighted by Gasteiger charge is 2.14. The van der Waals surface area contributed by atoms with Gasteiger partial charge in [-0.05, 0) is 48.9 Å². The first-order chi connectivity index (χ1) is 12.7. The molecule has 0 amide bonds. The molecule has 0 unspecified atom stereocenters. The molecule has 3 N–H and O–H groups in total. The lowest BCUT2D eigenvalue weighted by Gasteiger charge is -2.18. The van der Waals surface area contributed by atoms with Gasteiger partial charge in [0, 0.05) is 12.2 Å². The van der Waals surface area contributed by atoms with Crippen LogP contribution in [0.2, 0.25) is 0 Å². The number of carbonyl (C=O) groups is 1. The first kappa shape index (κ1) is 18.2. The van der Waals surface area contributed by atoms with Gasteiger partial charge >= 0.3 is 5.97 Å². The van der Waals surface area contributed by atoms with Crippen molar-refractivity contribution in [2.45, 2.75) is 31.7 Å². The van der Waals surface area contributed by atoms with Gasteiger partial charge in [0.2, 0.25) is 5.88 Å². The molecule has 0 bridgehead atoms. The Morgan fingerprint density at radius 2 is 2.00 bits per heavy atom. The summed E-state index contributed by atoms with van der Waals surface area (Å²) in [6, 6.07) is 11.7. The van der Waals surface area contributed by atoms with Crippen LogP contribution in [-0.4, -0.2) is 37.3 Å². The zero-order valence-corrected chi connectivity index (χ0v) is 15.0.